The van der Waals surface area contributed by atoms with E-state index in [1.807, 2.05) is 20.8 Å². The second-order valence-corrected chi connectivity index (χ2v) is 3.18. The first-order valence-electron chi connectivity index (χ1n) is 3.90. The van der Waals surface area contributed by atoms with E-state index >= 15 is 0 Å². The van der Waals surface area contributed by atoms with Gasteiger partial charge in [0, 0.05) is 0 Å². The van der Waals surface area contributed by atoms with Crippen molar-refractivity contribution in [3.8, 4) is 0 Å². The van der Waals surface area contributed by atoms with Gasteiger partial charge in [-0.05, 0) is 20.3 Å². The molecule has 1 rings (SSSR count). The summed E-state index contributed by atoms with van der Waals surface area (Å²) in [6, 6.07) is 0. The second kappa shape index (κ2) is 2.91. The molecule has 1 aliphatic rings. The predicted molar refractivity (Wildman–Crippen MR) is 40.2 cm³/mol. The monoisotopic (exact) mass is 158 g/mol. The molecule has 3 nitrogen and oxygen atoms in total. The van der Waals surface area contributed by atoms with Crippen LogP contribution in [-0.2, 0) is 14.3 Å². The molecule has 1 aliphatic heterocycles. The lowest BCUT2D eigenvalue weighted by molar-refractivity contribution is -0.150. The Morgan fingerprint density at radius 1 is 1.45 bits per heavy atom. The van der Waals surface area contributed by atoms with Crippen LogP contribution in [0.25, 0.3) is 0 Å². The van der Waals surface area contributed by atoms with E-state index in [2.05, 4.69) is 0 Å². The molecule has 64 valence electrons. The van der Waals surface area contributed by atoms with Gasteiger partial charge in [-0.25, -0.2) is 0 Å². The molecule has 0 radical (unpaired) electrons. The minimum absolute atomic E-state index is 0.0671. The first kappa shape index (κ1) is 8.68. The highest BCUT2D eigenvalue weighted by Crippen LogP contribution is 2.28. The highest BCUT2D eigenvalue weighted by molar-refractivity contribution is 5.57. The summed E-state index contributed by atoms with van der Waals surface area (Å²) in [5.74, 6) is -0.591. The van der Waals surface area contributed by atoms with Crippen LogP contribution in [0.1, 0.15) is 27.2 Å². The van der Waals surface area contributed by atoms with Crippen molar-refractivity contribution < 1.29 is 14.3 Å². The fourth-order valence-corrected chi connectivity index (χ4v) is 1.29. The average Bonchev–Trinajstić information content (AvgIpc) is 2.25. The van der Waals surface area contributed by atoms with E-state index in [9.17, 15) is 4.79 Å². The van der Waals surface area contributed by atoms with Gasteiger partial charge in [0.2, 0.25) is 0 Å². The van der Waals surface area contributed by atoms with E-state index in [-0.39, 0.29) is 12.2 Å². The molecule has 0 spiro atoms. The summed E-state index contributed by atoms with van der Waals surface area (Å²) in [4.78, 5) is 10.5. The molecule has 0 aliphatic carbocycles. The van der Waals surface area contributed by atoms with E-state index in [0.717, 1.165) is 12.7 Å². The number of rotatable bonds is 2. The molecular weight excluding hydrogens is 144 g/mol. The van der Waals surface area contributed by atoms with Crippen molar-refractivity contribution in [2.45, 2.75) is 45.2 Å². The lowest BCUT2D eigenvalue weighted by atomic mass is 10.2. The summed E-state index contributed by atoms with van der Waals surface area (Å²) < 4.78 is 10.8. The molecule has 1 heterocycles. The highest BCUT2D eigenvalue weighted by Gasteiger charge is 2.39. The molecule has 0 unspecified atom stereocenters. The Hall–Kier alpha value is -0.410. The topological polar surface area (TPSA) is 35.5 Å². The summed E-state index contributed by atoms with van der Waals surface area (Å²) in [6.45, 7) is 5.62. The third-order valence-corrected chi connectivity index (χ3v) is 1.76. The van der Waals surface area contributed by atoms with Crippen LogP contribution in [0.2, 0.25) is 0 Å². The summed E-state index contributed by atoms with van der Waals surface area (Å²) in [7, 11) is 0. The quantitative estimate of drug-likeness (QED) is 0.565. The van der Waals surface area contributed by atoms with Gasteiger partial charge < -0.3 is 14.3 Å². The third-order valence-electron chi connectivity index (χ3n) is 1.76. The molecule has 0 N–H and O–H groups in total. The maximum absolute atomic E-state index is 10.5. The lowest BCUT2D eigenvalue weighted by Gasteiger charge is -2.15. The van der Waals surface area contributed by atoms with Crippen molar-refractivity contribution in [2.24, 2.45) is 0 Å². The maximum atomic E-state index is 10.5. The number of hydrogen-bond donors (Lipinski definition) is 0. The molecule has 2 atom stereocenters. The molecular formula is C8H14O3. The van der Waals surface area contributed by atoms with Crippen LogP contribution in [0, 0.1) is 0 Å². The highest BCUT2D eigenvalue weighted by atomic mass is 16.8. The Bertz CT molecular complexity index is 153. The number of carbonyl (C=O) groups is 1. The first-order valence-corrected chi connectivity index (χ1v) is 3.90. The zero-order valence-corrected chi connectivity index (χ0v) is 7.16. The van der Waals surface area contributed by atoms with Crippen LogP contribution >= 0.6 is 0 Å². The summed E-state index contributed by atoms with van der Waals surface area (Å²) in [5.41, 5.74) is 0. The van der Waals surface area contributed by atoms with Gasteiger partial charge in [0.15, 0.2) is 12.1 Å². The molecule has 0 saturated carbocycles. The van der Waals surface area contributed by atoms with Gasteiger partial charge >= 0.3 is 0 Å². The van der Waals surface area contributed by atoms with Crippen molar-refractivity contribution in [1.82, 2.24) is 0 Å². The van der Waals surface area contributed by atoms with Crippen molar-refractivity contribution in [2.75, 3.05) is 0 Å². The van der Waals surface area contributed by atoms with Crippen molar-refractivity contribution in [3.05, 3.63) is 0 Å². The van der Waals surface area contributed by atoms with Crippen LogP contribution in [0.4, 0.5) is 0 Å². The summed E-state index contributed by atoms with van der Waals surface area (Å²) in [6.07, 6.45) is 1.17. The molecule has 0 aromatic carbocycles. The Balaban J connectivity index is 2.62. The van der Waals surface area contributed by atoms with Gasteiger partial charge in [0.05, 0.1) is 6.10 Å². The van der Waals surface area contributed by atoms with E-state index in [4.69, 9.17) is 9.47 Å². The van der Waals surface area contributed by atoms with Crippen LogP contribution in [-0.4, -0.2) is 24.3 Å². The van der Waals surface area contributed by atoms with E-state index in [1.165, 1.54) is 0 Å². The fraction of sp³-hybridized carbons (Fsp3) is 0.875. The third kappa shape index (κ3) is 1.79. The zero-order valence-electron chi connectivity index (χ0n) is 7.16. The van der Waals surface area contributed by atoms with Crippen LogP contribution in [0.5, 0.6) is 0 Å². The summed E-state index contributed by atoms with van der Waals surface area (Å²) >= 11 is 0. The number of aldehydes is 1. The molecule has 3 heteroatoms. The lowest BCUT2D eigenvalue weighted by Crippen LogP contribution is -2.22. The molecule has 0 aromatic heterocycles. The second-order valence-electron chi connectivity index (χ2n) is 3.18. The van der Waals surface area contributed by atoms with Gasteiger partial charge in [-0.2, -0.15) is 0 Å². The maximum Gasteiger partial charge on any atom is 0.164 e. The Labute approximate surface area is 66.7 Å². The number of ether oxygens (including phenoxy) is 2. The van der Waals surface area contributed by atoms with Gasteiger partial charge in [0.1, 0.15) is 6.10 Å². The standard InChI is InChI=1S/C8H14O3/c1-4-6-7(5-9)11-8(2,3)10-6/h5-7H,4H2,1-3H3/t6-,7-/m1/s1. The van der Waals surface area contributed by atoms with E-state index in [1.54, 1.807) is 0 Å². The average molecular weight is 158 g/mol. The van der Waals surface area contributed by atoms with Gasteiger partial charge in [-0.15, -0.1) is 0 Å². The fourth-order valence-electron chi connectivity index (χ4n) is 1.29. The minimum atomic E-state index is -0.591. The number of hydrogen-bond acceptors (Lipinski definition) is 3. The Kier molecular flexibility index (Phi) is 2.30. The van der Waals surface area contributed by atoms with Crippen LogP contribution < -0.4 is 0 Å². The molecule has 1 saturated heterocycles. The van der Waals surface area contributed by atoms with Crippen molar-refractivity contribution in [3.63, 3.8) is 0 Å². The first-order chi connectivity index (χ1) is 5.09. The van der Waals surface area contributed by atoms with Gasteiger partial charge in [-0.3, -0.25) is 0 Å². The molecule has 0 amide bonds. The molecule has 0 aromatic rings. The SMILES string of the molecule is CC[C@H]1OC(C)(C)O[C@@H]1C=O. The Morgan fingerprint density at radius 2 is 2.09 bits per heavy atom. The van der Waals surface area contributed by atoms with E-state index in [0.29, 0.717) is 0 Å². The summed E-state index contributed by atoms with van der Waals surface area (Å²) in [5, 5.41) is 0. The van der Waals surface area contributed by atoms with Crippen LogP contribution in [0.15, 0.2) is 0 Å². The molecule has 0 bridgehead atoms. The number of carbonyl (C=O) groups excluding carboxylic acids is 1. The largest absolute Gasteiger partial charge is 0.344 e. The molecule has 11 heavy (non-hydrogen) atoms. The predicted octanol–water partition coefficient (Wildman–Crippen LogP) is 1.12. The molecule has 1 fully saturated rings. The smallest absolute Gasteiger partial charge is 0.164 e. The Morgan fingerprint density at radius 3 is 2.45 bits per heavy atom. The normalized spacial score (nSPS) is 35.5. The zero-order chi connectivity index (χ0) is 8.48. The van der Waals surface area contributed by atoms with Gasteiger partial charge in [0.25, 0.3) is 0 Å². The minimum Gasteiger partial charge on any atom is -0.344 e. The van der Waals surface area contributed by atoms with Gasteiger partial charge in [-0.1, -0.05) is 6.92 Å². The van der Waals surface area contributed by atoms with Crippen molar-refractivity contribution in [1.29, 1.82) is 0 Å². The van der Waals surface area contributed by atoms with E-state index < -0.39 is 5.79 Å². The van der Waals surface area contributed by atoms with Crippen LogP contribution in [0.3, 0.4) is 0 Å². The van der Waals surface area contributed by atoms with Crippen molar-refractivity contribution >= 4 is 6.29 Å².